The molecule has 1 heterocycles. The zero-order valence-corrected chi connectivity index (χ0v) is 10.9. The maximum absolute atomic E-state index is 4.36. The van der Waals surface area contributed by atoms with E-state index in [4.69, 9.17) is 0 Å². The summed E-state index contributed by atoms with van der Waals surface area (Å²) in [6.45, 7) is 2.99. The molecular weight excluding hydrogens is 222 g/mol. The summed E-state index contributed by atoms with van der Waals surface area (Å²) in [6, 6.07) is 11.4. The zero-order chi connectivity index (χ0) is 12.5. The second-order valence-corrected chi connectivity index (χ2v) is 5.15. The van der Waals surface area contributed by atoms with E-state index < -0.39 is 0 Å². The molecule has 0 saturated heterocycles. The van der Waals surface area contributed by atoms with E-state index >= 15 is 0 Å². The molecule has 1 aromatic heterocycles. The number of rotatable bonds is 4. The molecule has 18 heavy (non-hydrogen) atoms. The van der Waals surface area contributed by atoms with Crippen LogP contribution in [-0.4, -0.2) is 15.8 Å². The average molecular weight is 241 g/mol. The first-order valence-corrected chi connectivity index (χ1v) is 6.51. The van der Waals surface area contributed by atoms with E-state index in [9.17, 15) is 0 Å². The highest BCUT2D eigenvalue weighted by Gasteiger charge is 2.37. The quantitative estimate of drug-likeness (QED) is 0.890. The molecule has 3 rings (SSSR count). The second-order valence-electron chi connectivity index (χ2n) is 5.15. The molecule has 1 saturated carbocycles. The van der Waals surface area contributed by atoms with Gasteiger partial charge in [0, 0.05) is 37.3 Å². The lowest BCUT2D eigenvalue weighted by Crippen LogP contribution is -2.17. The monoisotopic (exact) mass is 241 g/mol. The molecule has 1 aliphatic rings. The molecular formula is C15H19N3. The molecule has 1 aromatic carbocycles. The third-order valence-electron chi connectivity index (χ3n) is 3.69. The van der Waals surface area contributed by atoms with E-state index in [0.717, 1.165) is 12.2 Å². The molecule has 94 valence electrons. The van der Waals surface area contributed by atoms with Crippen LogP contribution in [0.1, 0.15) is 29.2 Å². The number of hydrogen-bond acceptors (Lipinski definition) is 2. The average Bonchev–Trinajstić information content (AvgIpc) is 3.08. The normalized spacial score (nSPS) is 22.1. The fourth-order valence-electron chi connectivity index (χ4n) is 2.55. The van der Waals surface area contributed by atoms with Crippen molar-refractivity contribution in [3.05, 3.63) is 53.3 Å². The van der Waals surface area contributed by atoms with Gasteiger partial charge in [0.2, 0.25) is 0 Å². The Morgan fingerprint density at radius 2 is 2.11 bits per heavy atom. The van der Waals surface area contributed by atoms with E-state index in [-0.39, 0.29) is 0 Å². The summed E-state index contributed by atoms with van der Waals surface area (Å²) in [6.07, 6.45) is 3.35. The lowest BCUT2D eigenvalue weighted by atomic mass is 10.1. The van der Waals surface area contributed by atoms with Crippen LogP contribution in [0, 0.1) is 6.92 Å². The first-order chi connectivity index (χ1) is 8.74. The lowest BCUT2D eigenvalue weighted by molar-refractivity contribution is 0.670. The maximum Gasteiger partial charge on any atom is 0.0638 e. The Morgan fingerprint density at radius 3 is 2.78 bits per heavy atom. The predicted octanol–water partition coefficient (Wildman–Crippen LogP) is 2.37. The maximum atomic E-state index is 4.36. The largest absolute Gasteiger partial charge is 0.309 e. The van der Waals surface area contributed by atoms with Gasteiger partial charge in [0.25, 0.3) is 0 Å². The molecule has 2 aromatic rings. The summed E-state index contributed by atoms with van der Waals surface area (Å²) in [7, 11) is 1.97. The molecule has 1 N–H and O–H groups in total. The van der Waals surface area contributed by atoms with Crippen molar-refractivity contribution in [2.75, 3.05) is 0 Å². The Bertz CT molecular complexity index is 530. The number of nitrogens with zero attached hydrogens (tertiary/aromatic N) is 2. The van der Waals surface area contributed by atoms with E-state index in [1.165, 1.54) is 17.5 Å². The minimum atomic E-state index is 0.631. The van der Waals surface area contributed by atoms with Gasteiger partial charge in [-0.1, -0.05) is 30.3 Å². The number of aromatic nitrogens is 2. The summed E-state index contributed by atoms with van der Waals surface area (Å²) >= 11 is 0. The molecule has 2 unspecified atom stereocenters. The number of aryl methyl sites for hydroxylation is 2. The Kier molecular flexibility index (Phi) is 2.92. The summed E-state index contributed by atoms with van der Waals surface area (Å²) in [5.41, 5.74) is 3.89. The van der Waals surface area contributed by atoms with Crippen LogP contribution < -0.4 is 5.32 Å². The fourth-order valence-corrected chi connectivity index (χ4v) is 2.55. The molecule has 1 aliphatic carbocycles. The van der Waals surface area contributed by atoms with Gasteiger partial charge in [-0.3, -0.25) is 4.68 Å². The third kappa shape index (κ3) is 2.31. The predicted molar refractivity (Wildman–Crippen MR) is 72.4 cm³/mol. The summed E-state index contributed by atoms with van der Waals surface area (Å²) in [5, 5.41) is 7.99. The van der Waals surface area contributed by atoms with Gasteiger partial charge in [0.05, 0.1) is 5.69 Å². The molecule has 0 aliphatic heterocycles. The van der Waals surface area contributed by atoms with Gasteiger partial charge in [-0.15, -0.1) is 0 Å². The number of benzene rings is 1. The molecule has 0 amide bonds. The van der Waals surface area contributed by atoms with E-state index in [0.29, 0.717) is 12.0 Å². The van der Waals surface area contributed by atoms with Gasteiger partial charge in [-0.2, -0.15) is 5.10 Å². The van der Waals surface area contributed by atoms with E-state index in [1.807, 2.05) is 11.7 Å². The van der Waals surface area contributed by atoms with Gasteiger partial charge in [-0.05, 0) is 18.9 Å². The first-order valence-electron chi connectivity index (χ1n) is 6.51. The number of hydrogen-bond donors (Lipinski definition) is 1. The standard InChI is InChI=1S/C15H19N3/c1-11-13(10-18(2)17-11)9-16-15-8-14(15)12-6-4-3-5-7-12/h3-7,10,14-16H,8-9H2,1-2H3. The van der Waals surface area contributed by atoms with Crippen LogP contribution in [-0.2, 0) is 13.6 Å². The van der Waals surface area contributed by atoms with Crippen LogP contribution >= 0.6 is 0 Å². The second kappa shape index (κ2) is 4.58. The molecule has 1 fully saturated rings. The Hall–Kier alpha value is -1.61. The van der Waals surface area contributed by atoms with Gasteiger partial charge >= 0.3 is 0 Å². The molecule has 0 spiro atoms. The summed E-state index contributed by atoms with van der Waals surface area (Å²) < 4.78 is 1.88. The Morgan fingerprint density at radius 1 is 1.33 bits per heavy atom. The van der Waals surface area contributed by atoms with Crippen LogP contribution in [0.4, 0.5) is 0 Å². The van der Waals surface area contributed by atoms with Crippen LogP contribution in [0.2, 0.25) is 0 Å². The van der Waals surface area contributed by atoms with Gasteiger partial charge in [-0.25, -0.2) is 0 Å². The van der Waals surface area contributed by atoms with Crippen molar-refractivity contribution in [3.63, 3.8) is 0 Å². The molecule has 0 bridgehead atoms. The van der Waals surface area contributed by atoms with E-state index in [1.54, 1.807) is 0 Å². The highest BCUT2D eigenvalue weighted by Crippen LogP contribution is 2.40. The van der Waals surface area contributed by atoms with Crippen LogP contribution in [0.15, 0.2) is 36.5 Å². The smallest absolute Gasteiger partial charge is 0.0638 e. The minimum Gasteiger partial charge on any atom is -0.309 e. The Labute approximate surface area is 108 Å². The van der Waals surface area contributed by atoms with Crippen molar-refractivity contribution in [1.29, 1.82) is 0 Å². The molecule has 3 heteroatoms. The van der Waals surface area contributed by atoms with Crippen molar-refractivity contribution in [2.24, 2.45) is 7.05 Å². The van der Waals surface area contributed by atoms with E-state index in [2.05, 4.69) is 53.9 Å². The third-order valence-corrected chi connectivity index (χ3v) is 3.69. The summed E-state index contributed by atoms with van der Waals surface area (Å²) in [4.78, 5) is 0. The van der Waals surface area contributed by atoms with Crippen molar-refractivity contribution < 1.29 is 0 Å². The van der Waals surface area contributed by atoms with Gasteiger partial charge in [0.15, 0.2) is 0 Å². The SMILES string of the molecule is Cc1nn(C)cc1CNC1CC1c1ccccc1. The minimum absolute atomic E-state index is 0.631. The zero-order valence-electron chi connectivity index (χ0n) is 10.9. The first kappa shape index (κ1) is 11.5. The Balaban J connectivity index is 1.56. The molecule has 0 radical (unpaired) electrons. The fraction of sp³-hybridized carbons (Fsp3) is 0.400. The van der Waals surface area contributed by atoms with Crippen LogP contribution in [0.5, 0.6) is 0 Å². The van der Waals surface area contributed by atoms with Crippen molar-refractivity contribution in [1.82, 2.24) is 15.1 Å². The van der Waals surface area contributed by atoms with Crippen molar-refractivity contribution >= 4 is 0 Å². The summed E-state index contributed by atoms with van der Waals surface area (Å²) in [5.74, 6) is 0.697. The number of nitrogens with one attached hydrogen (secondary N) is 1. The molecule has 2 atom stereocenters. The van der Waals surface area contributed by atoms with Crippen LogP contribution in [0.25, 0.3) is 0 Å². The van der Waals surface area contributed by atoms with Crippen molar-refractivity contribution in [3.8, 4) is 0 Å². The highest BCUT2D eigenvalue weighted by atomic mass is 15.3. The molecule has 3 nitrogen and oxygen atoms in total. The lowest BCUT2D eigenvalue weighted by Gasteiger charge is -2.03. The van der Waals surface area contributed by atoms with Crippen molar-refractivity contribution in [2.45, 2.75) is 31.8 Å². The van der Waals surface area contributed by atoms with Gasteiger partial charge < -0.3 is 5.32 Å². The highest BCUT2D eigenvalue weighted by molar-refractivity contribution is 5.28. The topological polar surface area (TPSA) is 29.9 Å². The van der Waals surface area contributed by atoms with Gasteiger partial charge in [0.1, 0.15) is 0 Å². The van der Waals surface area contributed by atoms with Crippen LogP contribution in [0.3, 0.4) is 0 Å².